The molecule has 0 atom stereocenters. The van der Waals surface area contributed by atoms with Gasteiger partial charge in [-0.15, -0.1) is 0 Å². The Morgan fingerprint density at radius 1 is 1.24 bits per heavy atom. The summed E-state index contributed by atoms with van der Waals surface area (Å²) in [5.41, 5.74) is 0.0666. The monoisotopic (exact) mass is 373 g/mol. The van der Waals surface area contributed by atoms with Crippen molar-refractivity contribution in [2.45, 2.75) is 13.1 Å². The fourth-order valence-corrected chi connectivity index (χ4v) is 2.81. The van der Waals surface area contributed by atoms with Crippen molar-refractivity contribution >= 4 is 23.2 Å². The van der Waals surface area contributed by atoms with Crippen LogP contribution in [0.1, 0.15) is 6.92 Å². The van der Waals surface area contributed by atoms with E-state index in [4.69, 9.17) is 11.6 Å². The highest BCUT2D eigenvalue weighted by Gasteiger charge is 2.33. The Labute approximate surface area is 144 Å². The predicted octanol–water partition coefficient (Wildman–Crippen LogP) is 3.97. The van der Waals surface area contributed by atoms with Gasteiger partial charge < -0.3 is 4.90 Å². The minimum Gasteiger partial charge on any atom is -0.347 e. The molecule has 10 heteroatoms. The van der Waals surface area contributed by atoms with Gasteiger partial charge in [0.1, 0.15) is 29.7 Å². The highest BCUT2D eigenvalue weighted by atomic mass is 35.5. The lowest BCUT2D eigenvalue weighted by molar-refractivity contribution is -0.119. The number of halogens is 5. The fourth-order valence-electron chi connectivity index (χ4n) is 2.54. The van der Waals surface area contributed by atoms with Crippen LogP contribution in [0.4, 0.5) is 23.4 Å². The largest absolute Gasteiger partial charge is 0.405 e. The Hall–Kier alpha value is -2.42. The molecule has 0 radical (unpaired) electrons. The van der Waals surface area contributed by atoms with Gasteiger partial charge in [0.05, 0.1) is 5.56 Å². The van der Waals surface area contributed by atoms with Crippen molar-refractivity contribution in [1.29, 1.82) is 0 Å². The molecule has 0 aliphatic rings. The van der Waals surface area contributed by atoms with E-state index in [0.29, 0.717) is 0 Å². The van der Waals surface area contributed by atoms with Crippen LogP contribution in [0.3, 0.4) is 0 Å². The summed E-state index contributed by atoms with van der Waals surface area (Å²) in [6, 6.07) is 5.65. The summed E-state index contributed by atoms with van der Waals surface area (Å²) < 4.78 is 54.4. The topological polar surface area (TPSA) is 46.3 Å². The van der Waals surface area contributed by atoms with E-state index in [1.165, 1.54) is 18.2 Å². The molecule has 0 saturated heterocycles. The maximum Gasteiger partial charge on any atom is 0.405 e. The van der Waals surface area contributed by atoms with Crippen molar-refractivity contribution in [3.05, 3.63) is 41.6 Å². The molecule has 132 valence electrons. The van der Waals surface area contributed by atoms with Crippen molar-refractivity contribution in [3.8, 4) is 11.1 Å². The molecule has 0 saturated carbocycles. The first-order valence-electron chi connectivity index (χ1n) is 7.27. The van der Waals surface area contributed by atoms with E-state index < -0.39 is 18.5 Å². The van der Waals surface area contributed by atoms with Crippen molar-refractivity contribution in [2.75, 3.05) is 18.0 Å². The van der Waals surface area contributed by atoms with Crippen LogP contribution in [0.15, 0.2) is 30.6 Å². The molecule has 0 bridgehead atoms. The van der Waals surface area contributed by atoms with E-state index in [9.17, 15) is 17.6 Å². The minimum absolute atomic E-state index is 0.00371. The molecule has 0 spiro atoms. The summed E-state index contributed by atoms with van der Waals surface area (Å²) in [6.07, 6.45) is -3.32. The number of rotatable bonds is 4. The van der Waals surface area contributed by atoms with Crippen molar-refractivity contribution < 1.29 is 17.6 Å². The van der Waals surface area contributed by atoms with Gasteiger partial charge in [-0.1, -0.05) is 29.8 Å². The third-order valence-corrected chi connectivity index (χ3v) is 3.83. The van der Waals surface area contributed by atoms with Gasteiger partial charge in [-0.3, -0.25) is 0 Å². The van der Waals surface area contributed by atoms with E-state index in [-0.39, 0.29) is 34.4 Å². The Bertz CT molecular complexity index is 909. The van der Waals surface area contributed by atoms with Gasteiger partial charge in [0.15, 0.2) is 0 Å². The highest BCUT2D eigenvalue weighted by molar-refractivity contribution is 6.33. The normalized spacial score (nSPS) is 11.9. The zero-order valence-electron chi connectivity index (χ0n) is 12.9. The SMILES string of the molecule is CCN(CC(F)(F)F)c1c(-c2ccccc2F)c(Cl)nc2ncnn12. The molecule has 0 unspecified atom stereocenters. The van der Waals surface area contributed by atoms with E-state index in [1.54, 1.807) is 13.0 Å². The van der Waals surface area contributed by atoms with Crippen LogP contribution < -0.4 is 4.90 Å². The van der Waals surface area contributed by atoms with Gasteiger partial charge in [0.2, 0.25) is 0 Å². The molecule has 0 aliphatic heterocycles. The van der Waals surface area contributed by atoms with Crippen LogP contribution in [0.5, 0.6) is 0 Å². The van der Waals surface area contributed by atoms with Crippen molar-refractivity contribution in [1.82, 2.24) is 19.6 Å². The summed E-state index contributed by atoms with van der Waals surface area (Å²) in [7, 11) is 0. The number of fused-ring (bicyclic) bond motifs is 1. The highest BCUT2D eigenvalue weighted by Crippen LogP contribution is 2.38. The molecule has 2 aromatic heterocycles. The van der Waals surface area contributed by atoms with Gasteiger partial charge in [-0.05, 0) is 13.0 Å². The van der Waals surface area contributed by atoms with Crippen LogP contribution in [0.2, 0.25) is 5.15 Å². The summed E-state index contributed by atoms with van der Waals surface area (Å²) in [4.78, 5) is 8.88. The lowest BCUT2D eigenvalue weighted by Crippen LogP contribution is -2.36. The standard InChI is InChI=1S/C15H12ClF4N5/c1-2-24(7-15(18,19)20)13-11(9-5-3-4-6-10(9)17)12(16)23-14-21-8-22-25(13)14/h3-6,8H,2,7H2,1H3. The second kappa shape index (κ2) is 6.47. The lowest BCUT2D eigenvalue weighted by Gasteiger charge is -2.27. The lowest BCUT2D eigenvalue weighted by atomic mass is 10.1. The first-order chi connectivity index (χ1) is 11.8. The molecule has 25 heavy (non-hydrogen) atoms. The molecule has 3 aromatic rings. The number of benzene rings is 1. The number of hydrogen-bond acceptors (Lipinski definition) is 4. The number of alkyl halides is 3. The van der Waals surface area contributed by atoms with Gasteiger partial charge in [0, 0.05) is 12.1 Å². The van der Waals surface area contributed by atoms with Crippen LogP contribution in [0.25, 0.3) is 16.9 Å². The molecule has 0 amide bonds. The third-order valence-electron chi connectivity index (χ3n) is 3.55. The molecule has 5 nitrogen and oxygen atoms in total. The molecule has 1 aromatic carbocycles. The zero-order chi connectivity index (χ0) is 18.2. The second-order valence-corrected chi connectivity index (χ2v) is 5.54. The summed E-state index contributed by atoms with van der Waals surface area (Å²) >= 11 is 6.18. The molecule has 3 rings (SSSR count). The predicted molar refractivity (Wildman–Crippen MR) is 85.1 cm³/mol. The smallest absolute Gasteiger partial charge is 0.347 e. The van der Waals surface area contributed by atoms with E-state index >= 15 is 0 Å². The number of nitrogens with zero attached hydrogens (tertiary/aromatic N) is 5. The number of anilines is 1. The van der Waals surface area contributed by atoms with Crippen LogP contribution in [-0.2, 0) is 0 Å². The molecular formula is C15H12ClF4N5. The summed E-state index contributed by atoms with van der Waals surface area (Å²) in [5.74, 6) is -0.617. The molecule has 0 fully saturated rings. The Morgan fingerprint density at radius 3 is 2.60 bits per heavy atom. The van der Waals surface area contributed by atoms with E-state index in [1.807, 2.05) is 0 Å². The van der Waals surface area contributed by atoms with Gasteiger partial charge >= 0.3 is 6.18 Å². The molecular weight excluding hydrogens is 362 g/mol. The Morgan fingerprint density at radius 2 is 1.96 bits per heavy atom. The first-order valence-corrected chi connectivity index (χ1v) is 7.65. The average molecular weight is 374 g/mol. The van der Waals surface area contributed by atoms with Crippen molar-refractivity contribution in [2.24, 2.45) is 0 Å². The van der Waals surface area contributed by atoms with Crippen molar-refractivity contribution in [3.63, 3.8) is 0 Å². The quantitative estimate of drug-likeness (QED) is 0.513. The maximum atomic E-state index is 14.3. The molecule has 0 N–H and O–H groups in total. The Balaban J connectivity index is 2.33. The van der Waals surface area contributed by atoms with Crippen LogP contribution in [0, 0.1) is 5.82 Å². The zero-order valence-corrected chi connectivity index (χ0v) is 13.7. The van der Waals surface area contributed by atoms with Gasteiger partial charge in [0.25, 0.3) is 5.78 Å². The van der Waals surface area contributed by atoms with E-state index in [0.717, 1.165) is 15.7 Å². The first kappa shape index (κ1) is 17.4. The third kappa shape index (κ3) is 3.37. The molecule has 2 heterocycles. The number of hydrogen-bond donors (Lipinski definition) is 0. The van der Waals surface area contributed by atoms with Gasteiger partial charge in [-0.2, -0.15) is 32.8 Å². The van der Waals surface area contributed by atoms with Gasteiger partial charge in [-0.25, -0.2) is 4.39 Å². The number of aromatic nitrogens is 4. The second-order valence-electron chi connectivity index (χ2n) is 5.18. The molecule has 0 aliphatic carbocycles. The van der Waals surface area contributed by atoms with E-state index in [2.05, 4.69) is 15.1 Å². The minimum atomic E-state index is -4.47. The summed E-state index contributed by atoms with van der Waals surface area (Å²) in [5, 5.41) is 3.78. The fraction of sp³-hybridized carbons (Fsp3) is 0.267. The average Bonchev–Trinajstić information content (AvgIpc) is 2.99. The summed E-state index contributed by atoms with van der Waals surface area (Å²) in [6.45, 7) is 0.296. The Kier molecular flexibility index (Phi) is 4.51. The maximum absolute atomic E-state index is 14.3. The van der Waals surface area contributed by atoms with Crippen LogP contribution >= 0.6 is 11.6 Å². The van der Waals surface area contributed by atoms with Crippen LogP contribution in [-0.4, -0.2) is 38.8 Å².